The second kappa shape index (κ2) is 7.22. The van der Waals surface area contributed by atoms with Crippen molar-refractivity contribution in [3.8, 4) is 0 Å². The molecular formula is C16H23BrN2. The maximum atomic E-state index is 5.91. The number of hydrogen-bond donors (Lipinski definition) is 2. The molecule has 2 nitrogen and oxygen atoms in total. The highest BCUT2D eigenvalue weighted by Crippen LogP contribution is 2.25. The van der Waals surface area contributed by atoms with Crippen molar-refractivity contribution >= 4 is 15.9 Å². The van der Waals surface area contributed by atoms with Gasteiger partial charge >= 0.3 is 0 Å². The molecular weight excluding hydrogens is 300 g/mol. The Labute approximate surface area is 124 Å². The number of benzene rings is 1. The first kappa shape index (κ1) is 14.8. The molecule has 1 aliphatic rings. The van der Waals surface area contributed by atoms with Gasteiger partial charge in [0.05, 0.1) is 0 Å². The smallest absolute Gasteiger partial charge is 0.0455 e. The van der Waals surface area contributed by atoms with Gasteiger partial charge in [-0.05, 0) is 56.3 Å². The van der Waals surface area contributed by atoms with Crippen molar-refractivity contribution in [1.29, 1.82) is 0 Å². The van der Waals surface area contributed by atoms with Crippen LogP contribution < -0.4 is 11.1 Å². The maximum Gasteiger partial charge on any atom is 0.0455 e. The predicted octanol–water partition coefficient (Wildman–Crippen LogP) is 3.85. The lowest BCUT2D eigenvalue weighted by Gasteiger charge is -2.19. The van der Waals surface area contributed by atoms with Crippen molar-refractivity contribution in [3.05, 3.63) is 45.4 Å². The molecule has 3 heteroatoms. The van der Waals surface area contributed by atoms with Gasteiger partial charge in [-0.2, -0.15) is 0 Å². The van der Waals surface area contributed by atoms with Crippen molar-refractivity contribution in [3.63, 3.8) is 0 Å². The fourth-order valence-electron chi connectivity index (χ4n) is 2.61. The minimum absolute atomic E-state index is 0.233. The van der Waals surface area contributed by atoms with E-state index in [0.29, 0.717) is 6.54 Å². The summed E-state index contributed by atoms with van der Waals surface area (Å²) in [5.41, 5.74) is 10.0. The average Bonchev–Trinajstić information content (AvgIpc) is 2.89. The number of rotatable bonds is 6. The molecule has 104 valence electrons. The number of aryl methyl sites for hydroxylation is 1. The van der Waals surface area contributed by atoms with Crippen LogP contribution in [0.4, 0.5) is 0 Å². The monoisotopic (exact) mass is 322 g/mol. The van der Waals surface area contributed by atoms with Crippen LogP contribution in [0.15, 0.2) is 34.3 Å². The molecule has 0 aliphatic heterocycles. The van der Waals surface area contributed by atoms with Gasteiger partial charge in [0, 0.05) is 17.1 Å². The van der Waals surface area contributed by atoms with Crippen molar-refractivity contribution in [2.45, 2.75) is 38.6 Å². The number of allylic oxidation sites excluding steroid dienone is 1. The Morgan fingerprint density at radius 2 is 2.26 bits per heavy atom. The molecule has 1 aliphatic carbocycles. The SMILES string of the molecule is Cc1ccc(C(CN)NCCC2=CCCC2)c(Br)c1. The summed E-state index contributed by atoms with van der Waals surface area (Å²) >= 11 is 3.64. The second-order valence-corrected chi connectivity index (χ2v) is 6.13. The molecule has 0 amide bonds. The lowest BCUT2D eigenvalue weighted by atomic mass is 10.0. The Bertz CT molecular complexity index is 454. The molecule has 0 spiro atoms. The highest BCUT2D eigenvalue weighted by molar-refractivity contribution is 9.10. The molecule has 1 aromatic rings. The molecule has 19 heavy (non-hydrogen) atoms. The number of hydrogen-bond acceptors (Lipinski definition) is 2. The predicted molar refractivity (Wildman–Crippen MR) is 85.2 cm³/mol. The van der Waals surface area contributed by atoms with Crippen LogP contribution in [-0.4, -0.2) is 13.1 Å². The number of nitrogens with two attached hydrogens (primary N) is 1. The molecule has 0 fully saturated rings. The first-order chi connectivity index (χ1) is 9.20. The third-order valence-electron chi connectivity index (χ3n) is 3.74. The van der Waals surface area contributed by atoms with Gasteiger partial charge in [0.1, 0.15) is 0 Å². The van der Waals surface area contributed by atoms with Crippen LogP contribution in [0.5, 0.6) is 0 Å². The second-order valence-electron chi connectivity index (χ2n) is 5.27. The summed E-state index contributed by atoms with van der Waals surface area (Å²) in [6, 6.07) is 6.69. The van der Waals surface area contributed by atoms with E-state index in [1.54, 1.807) is 5.57 Å². The lowest BCUT2D eigenvalue weighted by molar-refractivity contribution is 0.540. The molecule has 2 rings (SSSR count). The van der Waals surface area contributed by atoms with Gasteiger partial charge in [0.2, 0.25) is 0 Å². The molecule has 1 aromatic carbocycles. The number of halogens is 1. The van der Waals surface area contributed by atoms with Gasteiger partial charge in [0.15, 0.2) is 0 Å². The molecule has 0 radical (unpaired) electrons. The lowest BCUT2D eigenvalue weighted by Crippen LogP contribution is -2.29. The van der Waals surface area contributed by atoms with Crippen LogP contribution in [0.25, 0.3) is 0 Å². The normalized spacial score (nSPS) is 16.5. The van der Waals surface area contributed by atoms with E-state index in [-0.39, 0.29) is 6.04 Å². The molecule has 0 aromatic heterocycles. The minimum Gasteiger partial charge on any atom is -0.329 e. The topological polar surface area (TPSA) is 38.0 Å². The van der Waals surface area contributed by atoms with E-state index >= 15 is 0 Å². The zero-order valence-corrected chi connectivity index (χ0v) is 13.2. The van der Waals surface area contributed by atoms with Gasteiger partial charge in [-0.15, -0.1) is 0 Å². The summed E-state index contributed by atoms with van der Waals surface area (Å²) in [4.78, 5) is 0. The van der Waals surface area contributed by atoms with Crippen molar-refractivity contribution in [1.82, 2.24) is 5.32 Å². The van der Waals surface area contributed by atoms with E-state index < -0.39 is 0 Å². The van der Waals surface area contributed by atoms with E-state index in [2.05, 4.69) is 52.4 Å². The fraction of sp³-hybridized carbons (Fsp3) is 0.500. The highest BCUT2D eigenvalue weighted by Gasteiger charge is 2.13. The Kier molecular flexibility index (Phi) is 5.61. The molecule has 0 saturated carbocycles. The summed E-state index contributed by atoms with van der Waals surface area (Å²) in [5.74, 6) is 0. The summed E-state index contributed by atoms with van der Waals surface area (Å²) in [5, 5.41) is 3.58. The van der Waals surface area contributed by atoms with Gasteiger partial charge in [-0.1, -0.05) is 39.7 Å². The van der Waals surface area contributed by atoms with Crippen LogP contribution in [0.2, 0.25) is 0 Å². The first-order valence-corrected chi connectivity index (χ1v) is 7.87. The molecule has 3 N–H and O–H groups in total. The largest absolute Gasteiger partial charge is 0.329 e. The fourth-order valence-corrected chi connectivity index (χ4v) is 3.38. The summed E-state index contributed by atoms with van der Waals surface area (Å²) in [6.45, 7) is 3.74. The third kappa shape index (κ3) is 4.16. The molecule has 0 saturated heterocycles. The Hall–Kier alpha value is -0.640. The van der Waals surface area contributed by atoms with E-state index in [9.17, 15) is 0 Å². The van der Waals surface area contributed by atoms with E-state index in [0.717, 1.165) is 17.4 Å². The van der Waals surface area contributed by atoms with Crippen LogP contribution >= 0.6 is 15.9 Å². The van der Waals surface area contributed by atoms with Gasteiger partial charge < -0.3 is 11.1 Å². The summed E-state index contributed by atoms with van der Waals surface area (Å²) < 4.78 is 1.15. The standard InChI is InChI=1S/C16H23BrN2/c1-12-6-7-14(15(17)10-12)16(11-18)19-9-8-13-4-2-3-5-13/h4,6-7,10,16,19H,2-3,5,8-9,11,18H2,1H3. The van der Waals surface area contributed by atoms with Crippen molar-refractivity contribution in [2.75, 3.05) is 13.1 Å². The van der Waals surface area contributed by atoms with Crippen LogP contribution in [-0.2, 0) is 0 Å². The molecule has 1 atom stereocenters. The Balaban J connectivity index is 1.91. The van der Waals surface area contributed by atoms with E-state index in [1.165, 1.54) is 30.4 Å². The molecule has 1 unspecified atom stereocenters. The summed E-state index contributed by atoms with van der Waals surface area (Å²) in [7, 11) is 0. The van der Waals surface area contributed by atoms with E-state index in [4.69, 9.17) is 5.73 Å². The van der Waals surface area contributed by atoms with Gasteiger partial charge in [-0.25, -0.2) is 0 Å². The maximum absolute atomic E-state index is 5.91. The highest BCUT2D eigenvalue weighted by atomic mass is 79.9. The first-order valence-electron chi connectivity index (χ1n) is 7.08. The van der Waals surface area contributed by atoms with Gasteiger partial charge in [0.25, 0.3) is 0 Å². The van der Waals surface area contributed by atoms with Crippen LogP contribution in [0.1, 0.15) is 42.9 Å². The van der Waals surface area contributed by atoms with Crippen LogP contribution in [0, 0.1) is 6.92 Å². The van der Waals surface area contributed by atoms with Crippen molar-refractivity contribution < 1.29 is 0 Å². The average molecular weight is 323 g/mol. The van der Waals surface area contributed by atoms with Crippen molar-refractivity contribution in [2.24, 2.45) is 5.73 Å². The van der Waals surface area contributed by atoms with E-state index in [1.807, 2.05) is 0 Å². The Morgan fingerprint density at radius 3 is 2.89 bits per heavy atom. The minimum atomic E-state index is 0.233. The zero-order chi connectivity index (χ0) is 13.7. The third-order valence-corrected chi connectivity index (χ3v) is 4.43. The van der Waals surface area contributed by atoms with Crippen LogP contribution in [0.3, 0.4) is 0 Å². The van der Waals surface area contributed by atoms with Gasteiger partial charge in [-0.3, -0.25) is 0 Å². The zero-order valence-electron chi connectivity index (χ0n) is 11.6. The number of nitrogens with one attached hydrogen (secondary N) is 1. The summed E-state index contributed by atoms with van der Waals surface area (Å²) in [6.07, 6.45) is 7.42. The Morgan fingerprint density at radius 1 is 1.42 bits per heavy atom. The quantitative estimate of drug-likeness (QED) is 0.781. The molecule has 0 bridgehead atoms. The molecule has 0 heterocycles.